The topological polar surface area (TPSA) is 0 Å². The highest BCUT2D eigenvalue weighted by Crippen LogP contribution is 2.28. The first-order valence-corrected chi connectivity index (χ1v) is 6.82. The zero-order chi connectivity index (χ0) is 11.4. The molecule has 0 aromatic heterocycles. The summed E-state index contributed by atoms with van der Waals surface area (Å²) in [5, 5.41) is 0. The molecule has 0 heteroatoms. The SMILES string of the molecule is CC(C)CCCC1CCc2ccccc2C1. The van der Waals surface area contributed by atoms with Crippen LogP contribution >= 0.6 is 0 Å². The van der Waals surface area contributed by atoms with Gasteiger partial charge in [-0.1, -0.05) is 57.4 Å². The van der Waals surface area contributed by atoms with Gasteiger partial charge in [-0.15, -0.1) is 0 Å². The molecule has 16 heavy (non-hydrogen) atoms. The molecule has 0 spiro atoms. The first-order chi connectivity index (χ1) is 7.75. The van der Waals surface area contributed by atoms with Crippen LogP contribution in [0.25, 0.3) is 0 Å². The van der Waals surface area contributed by atoms with Crippen LogP contribution in [0.3, 0.4) is 0 Å². The lowest BCUT2D eigenvalue weighted by Crippen LogP contribution is -2.14. The molecule has 0 nitrogen and oxygen atoms in total. The summed E-state index contributed by atoms with van der Waals surface area (Å²) >= 11 is 0. The van der Waals surface area contributed by atoms with Crippen molar-refractivity contribution in [3.8, 4) is 0 Å². The van der Waals surface area contributed by atoms with Crippen LogP contribution in [0.1, 0.15) is 50.7 Å². The molecular weight excluding hydrogens is 192 g/mol. The maximum absolute atomic E-state index is 2.33. The van der Waals surface area contributed by atoms with Crippen molar-refractivity contribution < 1.29 is 0 Å². The van der Waals surface area contributed by atoms with E-state index < -0.39 is 0 Å². The minimum atomic E-state index is 0.871. The van der Waals surface area contributed by atoms with Crippen LogP contribution in [0.4, 0.5) is 0 Å². The molecule has 0 bridgehead atoms. The van der Waals surface area contributed by atoms with Gasteiger partial charge in [0.15, 0.2) is 0 Å². The van der Waals surface area contributed by atoms with E-state index in [2.05, 4.69) is 38.1 Å². The van der Waals surface area contributed by atoms with Gasteiger partial charge in [0.2, 0.25) is 0 Å². The van der Waals surface area contributed by atoms with Crippen molar-refractivity contribution in [2.45, 2.75) is 52.4 Å². The largest absolute Gasteiger partial charge is 0.0628 e. The molecule has 0 aliphatic heterocycles. The molecule has 0 fully saturated rings. The molecule has 0 N–H and O–H groups in total. The Morgan fingerprint density at radius 1 is 1.19 bits per heavy atom. The van der Waals surface area contributed by atoms with Crippen molar-refractivity contribution >= 4 is 0 Å². The summed E-state index contributed by atoms with van der Waals surface area (Å²) in [4.78, 5) is 0. The molecule has 0 saturated carbocycles. The number of hydrogen-bond donors (Lipinski definition) is 0. The van der Waals surface area contributed by atoms with E-state index >= 15 is 0 Å². The lowest BCUT2D eigenvalue weighted by atomic mass is 9.81. The zero-order valence-corrected chi connectivity index (χ0v) is 10.7. The van der Waals surface area contributed by atoms with Crippen LogP contribution in [-0.2, 0) is 12.8 Å². The van der Waals surface area contributed by atoms with E-state index in [-0.39, 0.29) is 0 Å². The molecule has 88 valence electrons. The molecule has 0 amide bonds. The number of hydrogen-bond acceptors (Lipinski definition) is 0. The van der Waals surface area contributed by atoms with E-state index in [0.29, 0.717) is 0 Å². The predicted octanol–water partition coefficient (Wildman–Crippen LogP) is 4.62. The van der Waals surface area contributed by atoms with Crippen LogP contribution in [0.15, 0.2) is 24.3 Å². The Kier molecular flexibility index (Phi) is 4.04. The second-order valence-electron chi connectivity index (χ2n) is 5.70. The van der Waals surface area contributed by atoms with Crippen molar-refractivity contribution in [3.05, 3.63) is 35.4 Å². The van der Waals surface area contributed by atoms with Gasteiger partial charge in [0.25, 0.3) is 0 Å². The van der Waals surface area contributed by atoms with E-state index in [9.17, 15) is 0 Å². The third-order valence-electron chi connectivity index (χ3n) is 3.84. The van der Waals surface area contributed by atoms with E-state index in [1.807, 2.05) is 0 Å². The average Bonchev–Trinajstić information content (AvgIpc) is 2.28. The Morgan fingerprint density at radius 2 is 1.94 bits per heavy atom. The first-order valence-electron chi connectivity index (χ1n) is 6.82. The van der Waals surface area contributed by atoms with Gasteiger partial charge < -0.3 is 0 Å². The highest BCUT2D eigenvalue weighted by Gasteiger charge is 2.17. The maximum atomic E-state index is 2.33. The summed E-state index contributed by atoms with van der Waals surface area (Å²) in [5.41, 5.74) is 3.21. The zero-order valence-electron chi connectivity index (χ0n) is 10.7. The highest BCUT2D eigenvalue weighted by atomic mass is 14.2. The Bertz CT molecular complexity index is 325. The van der Waals surface area contributed by atoms with Gasteiger partial charge in [0, 0.05) is 0 Å². The molecule has 1 aromatic carbocycles. The molecule has 0 radical (unpaired) electrons. The van der Waals surface area contributed by atoms with Gasteiger partial charge in [-0.3, -0.25) is 0 Å². The van der Waals surface area contributed by atoms with Crippen LogP contribution < -0.4 is 0 Å². The van der Waals surface area contributed by atoms with Crippen LogP contribution in [0.2, 0.25) is 0 Å². The standard InChI is InChI=1S/C16H24/c1-13(2)6-5-7-14-10-11-15-8-3-4-9-16(15)12-14/h3-4,8-9,13-14H,5-7,10-12H2,1-2H3. The second-order valence-corrected chi connectivity index (χ2v) is 5.70. The van der Waals surface area contributed by atoms with Crippen LogP contribution in [0, 0.1) is 11.8 Å². The molecule has 1 unspecified atom stereocenters. The second kappa shape index (κ2) is 5.52. The van der Waals surface area contributed by atoms with Crippen LogP contribution in [0.5, 0.6) is 0 Å². The van der Waals surface area contributed by atoms with Gasteiger partial charge in [-0.05, 0) is 42.2 Å². The number of rotatable bonds is 4. The first kappa shape index (κ1) is 11.7. The third-order valence-corrected chi connectivity index (χ3v) is 3.84. The van der Waals surface area contributed by atoms with Crippen LogP contribution in [-0.4, -0.2) is 0 Å². The summed E-state index contributed by atoms with van der Waals surface area (Å²) < 4.78 is 0. The normalized spacial score (nSPS) is 19.8. The van der Waals surface area contributed by atoms with Gasteiger partial charge in [0.1, 0.15) is 0 Å². The average molecular weight is 216 g/mol. The maximum Gasteiger partial charge on any atom is -0.0248 e. The van der Waals surface area contributed by atoms with E-state index in [1.165, 1.54) is 38.5 Å². The number of benzene rings is 1. The molecule has 2 rings (SSSR count). The van der Waals surface area contributed by atoms with Crippen molar-refractivity contribution in [1.82, 2.24) is 0 Å². The Morgan fingerprint density at radius 3 is 2.69 bits per heavy atom. The molecular formula is C16H24. The fourth-order valence-corrected chi connectivity index (χ4v) is 2.83. The van der Waals surface area contributed by atoms with E-state index in [1.54, 1.807) is 11.1 Å². The van der Waals surface area contributed by atoms with Crippen molar-refractivity contribution in [1.29, 1.82) is 0 Å². The predicted molar refractivity (Wildman–Crippen MR) is 70.6 cm³/mol. The number of fused-ring (bicyclic) bond motifs is 1. The van der Waals surface area contributed by atoms with Crippen molar-refractivity contribution in [3.63, 3.8) is 0 Å². The van der Waals surface area contributed by atoms with E-state index in [4.69, 9.17) is 0 Å². The summed E-state index contributed by atoms with van der Waals surface area (Å²) in [6, 6.07) is 9.00. The monoisotopic (exact) mass is 216 g/mol. The van der Waals surface area contributed by atoms with Crippen molar-refractivity contribution in [2.24, 2.45) is 11.8 Å². The van der Waals surface area contributed by atoms with Crippen molar-refractivity contribution in [2.75, 3.05) is 0 Å². The molecule has 1 aliphatic rings. The molecule has 0 heterocycles. The smallest absolute Gasteiger partial charge is 0.0248 e. The molecule has 1 aromatic rings. The Labute approximate surface area is 100 Å². The fraction of sp³-hybridized carbons (Fsp3) is 0.625. The minimum absolute atomic E-state index is 0.871. The fourth-order valence-electron chi connectivity index (χ4n) is 2.83. The summed E-state index contributed by atoms with van der Waals surface area (Å²) in [5.74, 6) is 1.82. The third kappa shape index (κ3) is 3.10. The molecule has 1 atom stereocenters. The van der Waals surface area contributed by atoms with Gasteiger partial charge in [-0.2, -0.15) is 0 Å². The van der Waals surface area contributed by atoms with Gasteiger partial charge in [0.05, 0.1) is 0 Å². The molecule has 1 aliphatic carbocycles. The Hall–Kier alpha value is -0.780. The summed E-state index contributed by atoms with van der Waals surface area (Å²) in [6.45, 7) is 4.66. The van der Waals surface area contributed by atoms with E-state index in [0.717, 1.165) is 11.8 Å². The molecule has 0 saturated heterocycles. The summed E-state index contributed by atoms with van der Waals surface area (Å²) in [6.07, 6.45) is 8.31. The number of aryl methyl sites for hydroxylation is 1. The lowest BCUT2D eigenvalue weighted by molar-refractivity contribution is 0.393. The minimum Gasteiger partial charge on any atom is -0.0628 e. The quantitative estimate of drug-likeness (QED) is 0.689. The Balaban J connectivity index is 1.83. The summed E-state index contributed by atoms with van der Waals surface area (Å²) in [7, 11) is 0. The lowest BCUT2D eigenvalue weighted by Gasteiger charge is -2.24. The van der Waals surface area contributed by atoms with Gasteiger partial charge in [-0.25, -0.2) is 0 Å². The van der Waals surface area contributed by atoms with Gasteiger partial charge >= 0.3 is 0 Å². The highest BCUT2D eigenvalue weighted by molar-refractivity contribution is 5.29.